The van der Waals surface area contributed by atoms with E-state index in [1.54, 1.807) is 0 Å². The zero-order valence-electron chi connectivity index (χ0n) is 10.4. The van der Waals surface area contributed by atoms with Crippen molar-refractivity contribution in [3.63, 3.8) is 0 Å². The summed E-state index contributed by atoms with van der Waals surface area (Å²) in [7, 11) is 3.96. The van der Waals surface area contributed by atoms with Crippen molar-refractivity contribution in [3.05, 3.63) is 16.1 Å². The first-order valence-electron chi connectivity index (χ1n) is 5.16. The zero-order valence-corrected chi connectivity index (χ0v) is 11.9. The van der Waals surface area contributed by atoms with Crippen LogP contribution in [0.1, 0.15) is 13.8 Å². The molecule has 0 aromatic carbocycles. The summed E-state index contributed by atoms with van der Waals surface area (Å²) in [4.78, 5) is 6.06. The Labute approximate surface area is 112 Å². The van der Waals surface area contributed by atoms with Gasteiger partial charge in [0, 0.05) is 5.54 Å². The first-order valence-corrected chi connectivity index (χ1v) is 5.91. The maximum atomic E-state index is 5.97. The van der Waals surface area contributed by atoms with E-state index < -0.39 is 0 Å². The number of nitrogen functional groups attached to an aromatic ring is 1. The second kappa shape index (κ2) is 5.29. The lowest BCUT2D eigenvalue weighted by Crippen LogP contribution is -2.43. The maximum absolute atomic E-state index is 5.97. The van der Waals surface area contributed by atoms with Crippen LogP contribution in [0, 0.1) is 0 Å². The van der Waals surface area contributed by atoms with Gasteiger partial charge < -0.3 is 15.4 Å². The number of pyridine rings is 1. The molecule has 1 aromatic rings. The van der Waals surface area contributed by atoms with Gasteiger partial charge in [-0.15, -0.1) is 0 Å². The third kappa shape index (κ3) is 3.63. The van der Waals surface area contributed by atoms with Gasteiger partial charge in [0.1, 0.15) is 17.4 Å². The molecular formula is C11H17Cl2N3O. The largest absolute Gasteiger partial charge is 0.475 e. The lowest BCUT2D eigenvalue weighted by molar-refractivity contribution is 0.111. The minimum atomic E-state index is -0.126. The number of nitrogens with two attached hydrogens (primary N) is 1. The van der Waals surface area contributed by atoms with Crippen molar-refractivity contribution >= 4 is 29.0 Å². The first kappa shape index (κ1) is 14.4. The molecule has 0 saturated carbocycles. The van der Waals surface area contributed by atoms with Gasteiger partial charge in [-0.2, -0.15) is 4.98 Å². The number of halogens is 2. The summed E-state index contributed by atoms with van der Waals surface area (Å²) in [5.74, 6) is 0.525. The molecule has 0 atom stereocenters. The molecular weight excluding hydrogens is 261 g/mol. The first-order chi connectivity index (χ1) is 7.74. The number of aromatic nitrogens is 1. The summed E-state index contributed by atoms with van der Waals surface area (Å²) < 4.78 is 5.58. The Hall–Kier alpha value is -0.710. The van der Waals surface area contributed by atoms with E-state index in [9.17, 15) is 0 Å². The molecule has 0 unspecified atom stereocenters. The summed E-state index contributed by atoms with van der Waals surface area (Å²) >= 11 is 11.8. The molecule has 0 spiro atoms. The van der Waals surface area contributed by atoms with Crippen LogP contribution in [0.25, 0.3) is 0 Å². The van der Waals surface area contributed by atoms with E-state index in [1.165, 1.54) is 6.07 Å². The van der Waals surface area contributed by atoms with E-state index in [0.717, 1.165) is 0 Å². The number of ether oxygens (including phenoxy) is 1. The number of rotatable bonds is 4. The Bertz CT molecular complexity index is 408. The zero-order chi connectivity index (χ0) is 13.2. The third-order valence-corrected chi connectivity index (χ3v) is 3.27. The number of anilines is 1. The second-order valence-electron chi connectivity index (χ2n) is 4.64. The molecule has 17 heavy (non-hydrogen) atoms. The fraction of sp³-hybridized carbons (Fsp3) is 0.545. The molecule has 0 aliphatic heterocycles. The summed E-state index contributed by atoms with van der Waals surface area (Å²) in [5.41, 5.74) is 5.47. The van der Waals surface area contributed by atoms with Crippen molar-refractivity contribution in [2.24, 2.45) is 0 Å². The monoisotopic (exact) mass is 277 g/mol. The molecule has 1 rings (SSSR count). The average Bonchev–Trinajstić information content (AvgIpc) is 2.21. The van der Waals surface area contributed by atoms with Crippen molar-refractivity contribution in [3.8, 4) is 5.88 Å². The van der Waals surface area contributed by atoms with Crippen LogP contribution in [0.5, 0.6) is 5.88 Å². The summed E-state index contributed by atoms with van der Waals surface area (Å²) in [6.07, 6.45) is 0. The molecule has 0 aliphatic carbocycles. The highest BCUT2D eigenvalue weighted by molar-refractivity contribution is 6.36. The highest BCUT2D eigenvalue weighted by atomic mass is 35.5. The molecule has 0 radical (unpaired) electrons. The van der Waals surface area contributed by atoms with Gasteiger partial charge in [-0.05, 0) is 34.0 Å². The number of nitrogens with zero attached hydrogens (tertiary/aromatic N) is 2. The summed E-state index contributed by atoms with van der Waals surface area (Å²) in [6.45, 7) is 4.56. The van der Waals surface area contributed by atoms with Crippen LogP contribution in [0.15, 0.2) is 6.07 Å². The Kier molecular flexibility index (Phi) is 4.47. The van der Waals surface area contributed by atoms with Crippen LogP contribution in [0.4, 0.5) is 5.82 Å². The molecule has 96 valence electrons. The van der Waals surface area contributed by atoms with Gasteiger partial charge in [-0.3, -0.25) is 0 Å². The third-order valence-electron chi connectivity index (χ3n) is 2.70. The van der Waals surface area contributed by atoms with Crippen LogP contribution in [0.3, 0.4) is 0 Å². The predicted octanol–water partition coefficient (Wildman–Crippen LogP) is 2.69. The van der Waals surface area contributed by atoms with E-state index in [4.69, 9.17) is 33.7 Å². The van der Waals surface area contributed by atoms with Gasteiger partial charge in [0.15, 0.2) is 0 Å². The fourth-order valence-electron chi connectivity index (χ4n) is 0.938. The van der Waals surface area contributed by atoms with E-state index in [-0.39, 0.29) is 11.4 Å². The molecule has 0 fully saturated rings. The topological polar surface area (TPSA) is 51.4 Å². The number of hydrogen-bond acceptors (Lipinski definition) is 4. The summed E-state index contributed by atoms with van der Waals surface area (Å²) in [5, 5.41) is 0.688. The minimum Gasteiger partial charge on any atom is -0.475 e. The lowest BCUT2D eigenvalue weighted by atomic mass is 10.1. The Morgan fingerprint density at radius 3 is 2.47 bits per heavy atom. The number of likely N-dealkylation sites (N-methyl/N-ethyl adjacent to an activating group) is 1. The van der Waals surface area contributed by atoms with Gasteiger partial charge in [0.25, 0.3) is 0 Å². The Morgan fingerprint density at radius 1 is 1.35 bits per heavy atom. The number of hydrogen-bond donors (Lipinski definition) is 1. The molecule has 0 saturated heterocycles. The fourth-order valence-corrected chi connectivity index (χ4v) is 1.35. The maximum Gasteiger partial charge on any atom is 0.234 e. The molecule has 0 bridgehead atoms. The van der Waals surface area contributed by atoms with Gasteiger partial charge in [-0.25, -0.2) is 0 Å². The highest BCUT2D eigenvalue weighted by Gasteiger charge is 2.22. The van der Waals surface area contributed by atoms with E-state index in [0.29, 0.717) is 22.5 Å². The van der Waals surface area contributed by atoms with Gasteiger partial charge in [0.2, 0.25) is 5.88 Å². The minimum absolute atomic E-state index is 0.126. The van der Waals surface area contributed by atoms with Crippen molar-refractivity contribution in [1.82, 2.24) is 9.88 Å². The van der Waals surface area contributed by atoms with E-state index in [1.807, 2.05) is 14.1 Å². The van der Waals surface area contributed by atoms with E-state index >= 15 is 0 Å². The lowest BCUT2D eigenvalue weighted by Gasteiger charge is -2.32. The van der Waals surface area contributed by atoms with E-state index in [2.05, 4.69) is 23.7 Å². The molecule has 6 heteroatoms. The SMILES string of the molecule is CN(C)C(C)(C)COc1nc(N)c(Cl)cc1Cl. The van der Waals surface area contributed by atoms with Gasteiger partial charge in [-0.1, -0.05) is 23.2 Å². The molecule has 0 amide bonds. The second-order valence-corrected chi connectivity index (χ2v) is 5.45. The molecule has 1 aromatic heterocycles. The van der Waals surface area contributed by atoms with Crippen LogP contribution in [0.2, 0.25) is 10.0 Å². The normalized spacial score (nSPS) is 11.9. The van der Waals surface area contributed by atoms with Crippen LogP contribution < -0.4 is 10.5 Å². The molecule has 0 aliphatic rings. The van der Waals surface area contributed by atoms with Crippen molar-refractivity contribution in [2.45, 2.75) is 19.4 Å². The highest BCUT2D eigenvalue weighted by Crippen LogP contribution is 2.29. The van der Waals surface area contributed by atoms with Crippen molar-refractivity contribution < 1.29 is 4.74 Å². The molecule has 4 nitrogen and oxygen atoms in total. The van der Waals surface area contributed by atoms with Gasteiger partial charge >= 0.3 is 0 Å². The predicted molar refractivity (Wildman–Crippen MR) is 71.9 cm³/mol. The summed E-state index contributed by atoms with van der Waals surface area (Å²) in [6, 6.07) is 1.53. The average molecular weight is 278 g/mol. The molecule has 1 heterocycles. The Balaban J connectivity index is 2.80. The molecule has 2 N–H and O–H groups in total. The van der Waals surface area contributed by atoms with Crippen LogP contribution in [-0.2, 0) is 0 Å². The van der Waals surface area contributed by atoms with Crippen LogP contribution >= 0.6 is 23.2 Å². The van der Waals surface area contributed by atoms with Gasteiger partial charge in [0.05, 0.1) is 5.02 Å². The quantitative estimate of drug-likeness (QED) is 0.920. The standard InChI is InChI=1S/C11H17Cl2N3O/c1-11(2,16(3)4)6-17-10-8(13)5-7(12)9(14)15-10/h5H,6H2,1-4H3,(H2,14,15). The van der Waals surface area contributed by atoms with Crippen molar-refractivity contribution in [2.75, 3.05) is 26.4 Å². The smallest absolute Gasteiger partial charge is 0.234 e. The van der Waals surface area contributed by atoms with Crippen molar-refractivity contribution in [1.29, 1.82) is 0 Å². The van der Waals surface area contributed by atoms with Crippen LogP contribution in [-0.4, -0.2) is 36.1 Å². The Morgan fingerprint density at radius 2 is 1.94 bits per heavy atom.